The molecule has 0 saturated carbocycles. The molecule has 4 rings (SSSR count). The topological polar surface area (TPSA) is 77.7 Å². The second-order valence-electron chi connectivity index (χ2n) is 7.77. The lowest BCUT2D eigenvalue weighted by atomic mass is 10.1. The highest BCUT2D eigenvalue weighted by Crippen LogP contribution is 2.23. The van der Waals surface area contributed by atoms with Crippen LogP contribution in [0.2, 0.25) is 0 Å². The number of benzene rings is 3. The minimum Gasteiger partial charge on any atom is -0.497 e. The lowest BCUT2D eigenvalue weighted by molar-refractivity contribution is -0.130. The van der Waals surface area contributed by atoms with Gasteiger partial charge in [-0.05, 0) is 65.7 Å². The third-order valence-electron chi connectivity index (χ3n) is 5.40. The van der Waals surface area contributed by atoms with E-state index in [2.05, 4.69) is 16.2 Å². The van der Waals surface area contributed by atoms with E-state index in [1.165, 1.54) is 0 Å². The quantitative estimate of drug-likeness (QED) is 0.365. The van der Waals surface area contributed by atoms with E-state index in [0.29, 0.717) is 37.7 Å². The average molecular weight is 446 g/mol. The molecule has 0 fully saturated rings. The fourth-order valence-electron chi connectivity index (χ4n) is 3.61. The zero-order valence-corrected chi connectivity index (χ0v) is 19.1. The summed E-state index contributed by atoms with van der Waals surface area (Å²) in [7, 11) is 3.46. The molecule has 1 amide bonds. The van der Waals surface area contributed by atoms with Crippen LogP contribution in [0.15, 0.2) is 65.2 Å². The first-order valence-electron chi connectivity index (χ1n) is 10.9. The number of fused-ring (bicyclic) bond motifs is 1. The van der Waals surface area contributed by atoms with E-state index in [1.54, 1.807) is 19.1 Å². The third kappa shape index (κ3) is 5.49. The summed E-state index contributed by atoms with van der Waals surface area (Å²) in [6, 6.07) is 19.7. The van der Waals surface area contributed by atoms with Gasteiger partial charge in [0.05, 0.1) is 13.7 Å². The molecule has 0 atom stereocenters. The summed E-state index contributed by atoms with van der Waals surface area (Å²) in [6.45, 7) is 3.09. The Bertz CT molecular complexity index is 1230. The number of aryl methyl sites for hydroxylation is 1. The zero-order valence-electron chi connectivity index (χ0n) is 19.1. The Labute approximate surface area is 192 Å². The van der Waals surface area contributed by atoms with Crippen LogP contribution in [0.5, 0.6) is 11.5 Å². The van der Waals surface area contributed by atoms with Gasteiger partial charge in [-0.2, -0.15) is 4.98 Å². The second kappa shape index (κ2) is 10.2. The molecule has 33 heavy (non-hydrogen) atoms. The van der Waals surface area contributed by atoms with Gasteiger partial charge in [-0.1, -0.05) is 23.4 Å². The summed E-state index contributed by atoms with van der Waals surface area (Å²) >= 11 is 0. The number of ether oxygens (including phenoxy) is 2. The highest BCUT2D eigenvalue weighted by Gasteiger charge is 2.14. The molecule has 0 aliphatic rings. The second-order valence-corrected chi connectivity index (χ2v) is 7.77. The van der Waals surface area contributed by atoms with E-state index in [9.17, 15) is 4.79 Å². The summed E-state index contributed by atoms with van der Waals surface area (Å²) in [5, 5.41) is 6.25. The van der Waals surface area contributed by atoms with Crippen molar-refractivity contribution in [3.8, 4) is 22.9 Å². The molecule has 0 unspecified atom stereocenters. The van der Waals surface area contributed by atoms with E-state index in [4.69, 9.17) is 14.0 Å². The van der Waals surface area contributed by atoms with Crippen LogP contribution in [-0.4, -0.2) is 41.7 Å². The summed E-state index contributed by atoms with van der Waals surface area (Å²) in [4.78, 5) is 18.8. The molecule has 170 valence electrons. The van der Waals surface area contributed by atoms with Gasteiger partial charge in [0.25, 0.3) is 0 Å². The van der Waals surface area contributed by atoms with Crippen molar-refractivity contribution >= 4 is 16.7 Å². The number of rotatable bonds is 9. The molecule has 1 heterocycles. The highest BCUT2D eigenvalue weighted by molar-refractivity contribution is 5.84. The van der Waals surface area contributed by atoms with E-state index in [0.717, 1.165) is 33.4 Å². The molecule has 0 radical (unpaired) electrons. The number of carbonyl (C=O) groups is 1. The van der Waals surface area contributed by atoms with Gasteiger partial charge in [0, 0.05) is 32.0 Å². The van der Waals surface area contributed by atoms with Crippen LogP contribution in [0.25, 0.3) is 22.2 Å². The fraction of sp³-hybridized carbons (Fsp3) is 0.269. The Morgan fingerprint density at radius 1 is 1.00 bits per heavy atom. The smallest absolute Gasteiger partial charge is 0.227 e. The average Bonchev–Trinajstić information content (AvgIpc) is 3.32. The predicted octanol–water partition coefficient (Wildman–Crippen LogP) is 4.89. The summed E-state index contributed by atoms with van der Waals surface area (Å²) in [5.41, 5.74) is 1.91. The van der Waals surface area contributed by atoms with Crippen molar-refractivity contribution in [2.75, 3.05) is 20.8 Å². The van der Waals surface area contributed by atoms with Crippen LogP contribution in [0.1, 0.15) is 24.8 Å². The van der Waals surface area contributed by atoms with Gasteiger partial charge in [0.1, 0.15) is 11.5 Å². The van der Waals surface area contributed by atoms with Gasteiger partial charge in [0.2, 0.25) is 17.6 Å². The molecule has 3 aromatic carbocycles. The molecular weight excluding hydrogens is 418 g/mol. The largest absolute Gasteiger partial charge is 0.497 e. The zero-order chi connectivity index (χ0) is 23.2. The maximum absolute atomic E-state index is 12.6. The van der Waals surface area contributed by atoms with Crippen molar-refractivity contribution in [1.29, 1.82) is 0 Å². The molecule has 0 N–H and O–H groups in total. The van der Waals surface area contributed by atoms with Crippen molar-refractivity contribution in [3.63, 3.8) is 0 Å². The van der Waals surface area contributed by atoms with Crippen LogP contribution in [0.3, 0.4) is 0 Å². The van der Waals surface area contributed by atoms with Crippen LogP contribution >= 0.6 is 0 Å². The normalized spacial score (nSPS) is 10.9. The molecule has 0 aliphatic carbocycles. The van der Waals surface area contributed by atoms with Gasteiger partial charge >= 0.3 is 0 Å². The highest BCUT2D eigenvalue weighted by atomic mass is 16.5. The van der Waals surface area contributed by atoms with E-state index >= 15 is 0 Å². The van der Waals surface area contributed by atoms with Gasteiger partial charge < -0.3 is 18.9 Å². The van der Waals surface area contributed by atoms with Gasteiger partial charge in [0.15, 0.2) is 0 Å². The molecule has 4 aromatic rings. The maximum atomic E-state index is 12.6. The fourth-order valence-corrected chi connectivity index (χ4v) is 3.61. The minimum absolute atomic E-state index is 0.0191. The number of hydrogen-bond donors (Lipinski definition) is 0. The standard InChI is InChI=1S/C26H27N3O4/c1-4-32-22-10-7-19(8-11-22)26-27-24(33-28-26)13-14-25(30)29(2)17-18-5-6-21-16-23(31-3)12-9-20(21)15-18/h5-12,15-16H,4,13-14,17H2,1-3H3. The Kier molecular flexibility index (Phi) is 6.88. The first kappa shape index (κ1) is 22.3. The van der Waals surface area contributed by atoms with Crippen LogP contribution in [0.4, 0.5) is 0 Å². The molecule has 7 nitrogen and oxygen atoms in total. The predicted molar refractivity (Wildman–Crippen MR) is 126 cm³/mol. The summed E-state index contributed by atoms with van der Waals surface area (Å²) in [5.74, 6) is 2.59. The lowest BCUT2D eigenvalue weighted by Gasteiger charge is -2.17. The van der Waals surface area contributed by atoms with Gasteiger partial charge in [-0.25, -0.2) is 0 Å². The first-order valence-corrected chi connectivity index (χ1v) is 10.9. The minimum atomic E-state index is 0.0191. The lowest BCUT2D eigenvalue weighted by Crippen LogP contribution is -2.26. The Balaban J connectivity index is 1.32. The Morgan fingerprint density at radius 3 is 2.48 bits per heavy atom. The Morgan fingerprint density at radius 2 is 1.73 bits per heavy atom. The number of amides is 1. The monoisotopic (exact) mass is 445 g/mol. The van der Waals surface area contributed by atoms with E-state index in [-0.39, 0.29) is 5.91 Å². The first-order chi connectivity index (χ1) is 16.1. The number of nitrogens with zero attached hydrogens (tertiary/aromatic N) is 3. The molecule has 0 saturated heterocycles. The Hall–Kier alpha value is -3.87. The van der Waals surface area contributed by atoms with E-state index in [1.807, 2.05) is 61.5 Å². The third-order valence-corrected chi connectivity index (χ3v) is 5.40. The molecule has 1 aromatic heterocycles. The SMILES string of the molecule is CCOc1ccc(-c2noc(CCC(=O)N(C)Cc3ccc4cc(OC)ccc4c3)n2)cc1. The molecule has 0 spiro atoms. The molecule has 0 aliphatic heterocycles. The van der Waals surface area contributed by atoms with Crippen LogP contribution in [-0.2, 0) is 17.8 Å². The number of hydrogen-bond acceptors (Lipinski definition) is 6. The maximum Gasteiger partial charge on any atom is 0.227 e. The number of methoxy groups -OCH3 is 1. The summed E-state index contributed by atoms with van der Waals surface area (Å²) in [6.07, 6.45) is 0.691. The van der Waals surface area contributed by atoms with Crippen molar-refractivity contribution < 1.29 is 18.8 Å². The van der Waals surface area contributed by atoms with Crippen molar-refractivity contribution in [2.24, 2.45) is 0 Å². The van der Waals surface area contributed by atoms with Crippen molar-refractivity contribution in [2.45, 2.75) is 26.3 Å². The molecular formula is C26H27N3O4. The summed E-state index contributed by atoms with van der Waals surface area (Å²) < 4.78 is 16.1. The van der Waals surface area contributed by atoms with E-state index < -0.39 is 0 Å². The molecule has 0 bridgehead atoms. The van der Waals surface area contributed by atoms with Crippen molar-refractivity contribution in [3.05, 3.63) is 72.1 Å². The number of aromatic nitrogens is 2. The number of carbonyl (C=O) groups excluding carboxylic acids is 1. The molecule has 7 heteroatoms. The van der Waals surface area contributed by atoms with Crippen LogP contribution < -0.4 is 9.47 Å². The van der Waals surface area contributed by atoms with Crippen molar-refractivity contribution in [1.82, 2.24) is 15.0 Å². The van der Waals surface area contributed by atoms with Gasteiger partial charge in [-0.15, -0.1) is 0 Å². The van der Waals surface area contributed by atoms with Crippen LogP contribution in [0, 0.1) is 0 Å². The van der Waals surface area contributed by atoms with Gasteiger partial charge in [-0.3, -0.25) is 4.79 Å².